The van der Waals surface area contributed by atoms with Crippen LogP contribution in [-0.2, 0) is 10.0 Å². The van der Waals surface area contributed by atoms with Crippen LogP contribution in [0.3, 0.4) is 0 Å². The van der Waals surface area contributed by atoms with Crippen molar-refractivity contribution in [2.24, 2.45) is 5.92 Å². The molecule has 7 heteroatoms. The highest BCUT2D eigenvalue weighted by molar-refractivity contribution is 9.09. The average Bonchev–Trinajstić information content (AvgIpc) is 2.32. The molecule has 0 amide bonds. The molecule has 2 rings (SSSR count). The van der Waals surface area contributed by atoms with E-state index >= 15 is 0 Å². The van der Waals surface area contributed by atoms with Crippen LogP contribution >= 0.6 is 15.9 Å². The summed E-state index contributed by atoms with van der Waals surface area (Å²) in [4.78, 5) is -0.203. The second-order valence-corrected chi connectivity index (χ2v) is 7.80. The lowest BCUT2D eigenvalue weighted by Gasteiger charge is -2.33. The highest BCUT2D eigenvalue weighted by Crippen LogP contribution is 2.28. The van der Waals surface area contributed by atoms with Crippen LogP contribution in [0.2, 0.25) is 0 Å². The summed E-state index contributed by atoms with van der Waals surface area (Å²) in [5.41, 5.74) is 0. The lowest BCUT2D eigenvalue weighted by Crippen LogP contribution is -2.43. The minimum Gasteiger partial charge on any atom is -0.207 e. The van der Waals surface area contributed by atoms with Gasteiger partial charge in [0.05, 0.1) is 0 Å². The third-order valence-corrected chi connectivity index (χ3v) is 6.53. The van der Waals surface area contributed by atoms with Crippen molar-refractivity contribution in [2.75, 3.05) is 13.1 Å². The van der Waals surface area contributed by atoms with Gasteiger partial charge < -0.3 is 0 Å². The Morgan fingerprint density at radius 1 is 1.37 bits per heavy atom. The van der Waals surface area contributed by atoms with Crippen molar-refractivity contribution in [3.63, 3.8) is 0 Å². The molecule has 19 heavy (non-hydrogen) atoms. The molecule has 106 valence electrons. The molecule has 0 spiro atoms. The Kier molecular flexibility index (Phi) is 4.27. The number of alkyl halides is 1. The van der Waals surface area contributed by atoms with Gasteiger partial charge in [0.25, 0.3) is 0 Å². The SMILES string of the molecule is CC1CN(S(=O)(=O)c2ccc(F)cc2F)CCC1Br. The van der Waals surface area contributed by atoms with E-state index < -0.39 is 26.6 Å². The van der Waals surface area contributed by atoms with Crippen LogP contribution in [0.5, 0.6) is 0 Å². The van der Waals surface area contributed by atoms with Crippen LogP contribution in [0.25, 0.3) is 0 Å². The topological polar surface area (TPSA) is 37.4 Å². The molecule has 1 aromatic carbocycles. The molecule has 0 radical (unpaired) electrons. The van der Waals surface area contributed by atoms with Crippen molar-refractivity contribution in [2.45, 2.75) is 23.1 Å². The molecule has 0 N–H and O–H groups in total. The fourth-order valence-electron chi connectivity index (χ4n) is 2.12. The molecule has 0 aliphatic carbocycles. The summed E-state index contributed by atoms with van der Waals surface area (Å²) >= 11 is 3.48. The first kappa shape index (κ1) is 14.9. The quantitative estimate of drug-likeness (QED) is 0.766. The summed E-state index contributed by atoms with van der Waals surface area (Å²) in [5, 5.41) is 0. The van der Waals surface area contributed by atoms with Crippen LogP contribution < -0.4 is 0 Å². The Balaban J connectivity index is 2.32. The maximum Gasteiger partial charge on any atom is 0.245 e. The van der Waals surface area contributed by atoms with E-state index in [4.69, 9.17) is 0 Å². The van der Waals surface area contributed by atoms with Gasteiger partial charge in [0.15, 0.2) is 0 Å². The number of benzene rings is 1. The molecular formula is C12H14BrF2NO2S. The Bertz CT molecular complexity index is 579. The van der Waals surface area contributed by atoms with Crippen molar-refractivity contribution in [3.05, 3.63) is 29.8 Å². The zero-order chi connectivity index (χ0) is 14.2. The first-order chi connectivity index (χ1) is 8.82. The van der Waals surface area contributed by atoms with Gasteiger partial charge in [0.2, 0.25) is 10.0 Å². The average molecular weight is 354 g/mol. The summed E-state index contributed by atoms with van der Waals surface area (Å²) in [5.74, 6) is -1.69. The fraction of sp³-hybridized carbons (Fsp3) is 0.500. The predicted octanol–water partition coefficient (Wildman–Crippen LogP) is 2.76. The Morgan fingerprint density at radius 3 is 2.63 bits per heavy atom. The third-order valence-electron chi connectivity index (χ3n) is 3.28. The van der Waals surface area contributed by atoms with E-state index in [2.05, 4.69) is 15.9 Å². The minimum absolute atomic E-state index is 0.145. The largest absolute Gasteiger partial charge is 0.245 e. The second kappa shape index (κ2) is 5.46. The highest BCUT2D eigenvalue weighted by atomic mass is 79.9. The second-order valence-electron chi connectivity index (χ2n) is 4.72. The van der Waals surface area contributed by atoms with Crippen LogP contribution in [-0.4, -0.2) is 30.6 Å². The summed E-state index contributed by atoms with van der Waals surface area (Å²) in [6, 6.07) is 2.52. The fourth-order valence-corrected chi connectivity index (χ4v) is 4.09. The molecular weight excluding hydrogens is 340 g/mol. The first-order valence-electron chi connectivity index (χ1n) is 5.91. The molecule has 0 bridgehead atoms. The third kappa shape index (κ3) is 2.98. The van der Waals surface area contributed by atoms with Crippen molar-refractivity contribution in [3.8, 4) is 0 Å². The molecule has 0 saturated carbocycles. The van der Waals surface area contributed by atoms with Crippen LogP contribution in [0, 0.1) is 17.6 Å². The summed E-state index contributed by atoms with van der Waals surface area (Å²) in [6.45, 7) is 2.59. The van der Waals surface area contributed by atoms with Crippen LogP contribution in [0.1, 0.15) is 13.3 Å². The van der Waals surface area contributed by atoms with Crippen molar-refractivity contribution in [1.29, 1.82) is 0 Å². The molecule has 1 heterocycles. The number of sulfonamides is 1. The number of halogens is 3. The monoisotopic (exact) mass is 353 g/mol. The van der Waals surface area contributed by atoms with Gasteiger partial charge >= 0.3 is 0 Å². The van der Waals surface area contributed by atoms with E-state index in [0.29, 0.717) is 25.6 Å². The van der Waals surface area contributed by atoms with Crippen LogP contribution in [0.15, 0.2) is 23.1 Å². The number of hydrogen-bond donors (Lipinski definition) is 0. The van der Waals surface area contributed by atoms with E-state index in [9.17, 15) is 17.2 Å². The molecule has 0 aromatic heterocycles. The lowest BCUT2D eigenvalue weighted by atomic mass is 10.0. The Morgan fingerprint density at radius 2 is 2.05 bits per heavy atom. The van der Waals surface area contributed by atoms with Gasteiger partial charge in [-0.15, -0.1) is 0 Å². The zero-order valence-corrected chi connectivity index (χ0v) is 12.7. The molecule has 2 unspecified atom stereocenters. The van der Waals surface area contributed by atoms with Gasteiger partial charge in [-0.05, 0) is 24.5 Å². The van der Waals surface area contributed by atoms with E-state index in [1.54, 1.807) is 0 Å². The van der Waals surface area contributed by atoms with Gasteiger partial charge in [-0.3, -0.25) is 0 Å². The standard InChI is InChI=1S/C12H14BrF2NO2S/c1-8-7-16(5-4-10(8)13)19(17,18)12-3-2-9(14)6-11(12)15/h2-3,6,8,10H,4-5,7H2,1H3. The molecule has 1 fully saturated rings. The Labute approximate surface area is 119 Å². The van der Waals surface area contributed by atoms with Crippen molar-refractivity contribution in [1.82, 2.24) is 4.31 Å². The van der Waals surface area contributed by atoms with Gasteiger partial charge in [0, 0.05) is 24.0 Å². The smallest absolute Gasteiger partial charge is 0.207 e. The number of piperidine rings is 1. The van der Waals surface area contributed by atoms with Crippen molar-refractivity contribution >= 4 is 26.0 Å². The van der Waals surface area contributed by atoms with E-state index in [-0.39, 0.29) is 10.7 Å². The van der Waals surface area contributed by atoms with E-state index in [1.807, 2.05) is 6.92 Å². The molecule has 1 aliphatic heterocycles. The lowest BCUT2D eigenvalue weighted by molar-refractivity contribution is 0.291. The maximum absolute atomic E-state index is 13.6. The van der Waals surface area contributed by atoms with E-state index in [1.165, 1.54) is 4.31 Å². The summed E-state index contributed by atoms with van der Waals surface area (Å²) < 4.78 is 52.4. The molecule has 2 atom stereocenters. The highest BCUT2D eigenvalue weighted by Gasteiger charge is 2.33. The molecule has 1 aromatic rings. The summed E-state index contributed by atoms with van der Waals surface area (Å²) in [7, 11) is -3.89. The number of rotatable bonds is 2. The summed E-state index contributed by atoms with van der Waals surface area (Å²) in [6.07, 6.45) is 0.670. The normalized spacial score (nSPS) is 25.5. The molecule has 3 nitrogen and oxygen atoms in total. The van der Waals surface area contributed by atoms with Gasteiger partial charge in [-0.1, -0.05) is 22.9 Å². The van der Waals surface area contributed by atoms with E-state index in [0.717, 1.165) is 12.1 Å². The number of hydrogen-bond acceptors (Lipinski definition) is 2. The molecule has 1 saturated heterocycles. The predicted molar refractivity (Wildman–Crippen MR) is 71.6 cm³/mol. The van der Waals surface area contributed by atoms with Gasteiger partial charge in [0.1, 0.15) is 16.5 Å². The Hall–Kier alpha value is -0.530. The van der Waals surface area contributed by atoms with Crippen molar-refractivity contribution < 1.29 is 17.2 Å². The minimum atomic E-state index is -3.89. The zero-order valence-electron chi connectivity index (χ0n) is 10.3. The van der Waals surface area contributed by atoms with Gasteiger partial charge in [-0.2, -0.15) is 4.31 Å². The maximum atomic E-state index is 13.6. The number of nitrogens with zero attached hydrogens (tertiary/aromatic N) is 1. The van der Waals surface area contributed by atoms with Gasteiger partial charge in [-0.25, -0.2) is 17.2 Å². The van der Waals surface area contributed by atoms with Crippen LogP contribution in [0.4, 0.5) is 8.78 Å². The molecule has 1 aliphatic rings. The first-order valence-corrected chi connectivity index (χ1v) is 8.27.